The lowest BCUT2D eigenvalue weighted by Gasteiger charge is -2.11. The van der Waals surface area contributed by atoms with Crippen molar-refractivity contribution in [3.05, 3.63) is 35.9 Å². The van der Waals surface area contributed by atoms with Crippen molar-refractivity contribution >= 4 is 0 Å². The van der Waals surface area contributed by atoms with Crippen molar-refractivity contribution in [2.75, 3.05) is 13.9 Å². The smallest absolute Gasteiger partial charge is 0.271 e. The Bertz CT molecular complexity index is 237. The molecular formula is C10H14O4. The van der Waals surface area contributed by atoms with Crippen LogP contribution in [0.1, 0.15) is 5.56 Å². The van der Waals surface area contributed by atoms with E-state index in [9.17, 15) is 0 Å². The van der Waals surface area contributed by atoms with E-state index in [-0.39, 0.29) is 6.79 Å². The van der Waals surface area contributed by atoms with Crippen molar-refractivity contribution in [2.45, 2.75) is 13.1 Å². The topological polar surface area (TPSA) is 47.9 Å². The summed E-state index contributed by atoms with van der Waals surface area (Å²) in [5.74, 6) is 0. The highest BCUT2D eigenvalue weighted by molar-refractivity contribution is 5.13. The van der Waals surface area contributed by atoms with Crippen LogP contribution in [0.15, 0.2) is 30.3 Å². The fourth-order valence-corrected chi connectivity index (χ4v) is 0.916. The summed E-state index contributed by atoms with van der Waals surface area (Å²) in [4.78, 5) is 0. The first-order valence-electron chi connectivity index (χ1n) is 4.27. The third-order valence-corrected chi connectivity index (χ3v) is 1.56. The van der Waals surface area contributed by atoms with Crippen LogP contribution in [0, 0.1) is 0 Å². The fourth-order valence-electron chi connectivity index (χ4n) is 0.916. The van der Waals surface area contributed by atoms with Crippen LogP contribution in [0.25, 0.3) is 0 Å². The van der Waals surface area contributed by atoms with Crippen LogP contribution in [0.4, 0.5) is 0 Å². The normalized spacial score (nSPS) is 12.7. The lowest BCUT2D eigenvalue weighted by atomic mass is 10.2. The number of benzene rings is 1. The van der Waals surface area contributed by atoms with Gasteiger partial charge in [0.05, 0.1) is 6.61 Å². The van der Waals surface area contributed by atoms with E-state index in [1.807, 2.05) is 30.3 Å². The molecule has 0 fully saturated rings. The van der Waals surface area contributed by atoms with E-state index < -0.39 is 6.48 Å². The number of hydrogen-bond acceptors (Lipinski definition) is 4. The van der Waals surface area contributed by atoms with Crippen molar-refractivity contribution in [3.8, 4) is 0 Å². The maximum Gasteiger partial charge on any atom is 0.271 e. The maximum absolute atomic E-state index is 9.12. The summed E-state index contributed by atoms with van der Waals surface area (Å²) in [5.41, 5.74) is 0.979. The highest BCUT2D eigenvalue weighted by Gasteiger charge is 2.03. The second-order valence-electron chi connectivity index (χ2n) is 2.68. The van der Waals surface area contributed by atoms with Crippen molar-refractivity contribution in [3.63, 3.8) is 0 Å². The molecule has 1 N–H and O–H groups in total. The van der Waals surface area contributed by atoms with Crippen LogP contribution in [0.5, 0.6) is 0 Å². The van der Waals surface area contributed by atoms with Crippen LogP contribution in [-0.2, 0) is 20.8 Å². The van der Waals surface area contributed by atoms with E-state index in [4.69, 9.17) is 14.6 Å². The van der Waals surface area contributed by atoms with Crippen LogP contribution >= 0.6 is 0 Å². The molecule has 1 aromatic rings. The van der Waals surface area contributed by atoms with Crippen LogP contribution in [0.3, 0.4) is 0 Å². The van der Waals surface area contributed by atoms with E-state index in [1.165, 1.54) is 7.11 Å². The number of ether oxygens (including phenoxy) is 3. The maximum atomic E-state index is 9.12. The Morgan fingerprint density at radius 1 is 1.21 bits per heavy atom. The van der Waals surface area contributed by atoms with E-state index in [0.717, 1.165) is 5.56 Å². The molecule has 0 aromatic heterocycles. The summed E-state index contributed by atoms with van der Waals surface area (Å²) >= 11 is 0. The molecule has 1 rings (SSSR count). The first kappa shape index (κ1) is 11.1. The molecule has 4 nitrogen and oxygen atoms in total. The molecule has 0 bridgehead atoms. The zero-order valence-electron chi connectivity index (χ0n) is 8.05. The van der Waals surface area contributed by atoms with E-state index in [0.29, 0.717) is 6.61 Å². The standard InChI is InChI=1S/C10H14O4/c1-12-8-14-10(11)13-7-9-5-3-2-4-6-9/h2-6,10-11H,7-8H2,1H3. The predicted molar refractivity (Wildman–Crippen MR) is 50.2 cm³/mol. The third kappa shape index (κ3) is 4.34. The Hall–Kier alpha value is -0.940. The minimum absolute atomic E-state index is 0.00988. The van der Waals surface area contributed by atoms with Gasteiger partial charge in [0.15, 0.2) is 6.79 Å². The number of aliphatic hydroxyl groups is 1. The Kier molecular flexibility index (Phi) is 5.17. The van der Waals surface area contributed by atoms with Gasteiger partial charge in [0.1, 0.15) is 0 Å². The van der Waals surface area contributed by atoms with Gasteiger partial charge in [-0.3, -0.25) is 0 Å². The summed E-state index contributed by atoms with van der Waals surface area (Å²) in [6.07, 6.45) is 0. The Labute approximate surface area is 83.0 Å². The second-order valence-corrected chi connectivity index (χ2v) is 2.68. The summed E-state index contributed by atoms with van der Waals surface area (Å²) in [7, 11) is 1.48. The Balaban J connectivity index is 2.20. The number of aliphatic hydroxyl groups excluding tert-OH is 1. The zero-order valence-corrected chi connectivity index (χ0v) is 8.05. The van der Waals surface area contributed by atoms with Gasteiger partial charge in [-0.1, -0.05) is 30.3 Å². The van der Waals surface area contributed by atoms with Gasteiger partial charge in [-0.15, -0.1) is 0 Å². The van der Waals surface area contributed by atoms with Gasteiger partial charge in [-0.2, -0.15) is 0 Å². The molecule has 0 saturated carbocycles. The van der Waals surface area contributed by atoms with Gasteiger partial charge < -0.3 is 19.3 Å². The Morgan fingerprint density at radius 2 is 1.93 bits per heavy atom. The average molecular weight is 198 g/mol. The SMILES string of the molecule is COCOC(O)OCc1ccccc1. The van der Waals surface area contributed by atoms with Gasteiger partial charge in [-0.25, -0.2) is 0 Å². The predicted octanol–water partition coefficient (Wildman–Crippen LogP) is 1.10. The summed E-state index contributed by atoms with van der Waals surface area (Å²) in [6.45, 7) is -0.919. The van der Waals surface area contributed by atoms with Gasteiger partial charge in [0.2, 0.25) is 0 Å². The van der Waals surface area contributed by atoms with E-state index in [2.05, 4.69) is 4.74 Å². The lowest BCUT2D eigenvalue weighted by molar-refractivity contribution is -0.293. The Morgan fingerprint density at radius 3 is 2.57 bits per heavy atom. The molecule has 0 aliphatic heterocycles. The number of rotatable bonds is 6. The lowest BCUT2D eigenvalue weighted by Crippen LogP contribution is -2.17. The first-order chi connectivity index (χ1) is 6.83. The van der Waals surface area contributed by atoms with E-state index >= 15 is 0 Å². The van der Waals surface area contributed by atoms with Crippen LogP contribution < -0.4 is 0 Å². The molecule has 1 unspecified atom stereocenters. The molecule has 0 spiro atoms. The van der Waals surface area contributed by atoms with Crippen molar-refractivity contribution < 1.29 is 19.3 Å². The number of hydrogen-bond donors (Lipinski definition) is 1. The highest BCUT2D eigenvalue weighted by Crippen LogP contribution is 2.02. The average Bonchev–Trinajstić information content (AvgIpc) is 2.25. The van der Waals surface area contributed by atoms with Gasteiger partial charge in [-0.05, 0) is 5.56 Å². The highest BCUT2D eigenvalue weighted by atomic mass is 16.8. The van der Waals surface area contributed by atoms with Crippen LogP contribution in [-0.4, -0.2) is 25.5 Å². The molecule has 0 heterocycles. The van der Waals surface area contributed by atoms with Crippen molar-refractivity contribution in [1.29, 1.82) is 0 Å². The molecular weight excluding hydrogens is 184 g/mol. The fraction of sp³-hybridized carbons (Fsp3) is 0.400. The summed E-state index contributed by atoms with van der Waals surface area (Å²) in [5, 5.41) is 9.12. The van der Waals surface area contributed by atoms with Gasteiger partial charge in [0.25, 0.3) is 6.48 Å². The largest absolute Gasteiger partial charge is 0.358 e. The molecule has 0 saturated heterocycles. The van der Waals surface area contributed by atoms with Crippen molar-refractivity contribution in [1.82, 2.24) is 0 Å². The third-order valence-electron chi connectivity index (χ3n) is 1.56. The molecule has 1 aromatic carbocycles. The molecule has 14 heavy (non-hydrogen) atoms. The minimum Gasteiger partial charge on any atom is -0.358 e. The molecule has 4 heteroatoms. The first-order valence-corrected chi connectivity index (χ1v) is 4.27. The molecule has 0 aliphatic rings. The number of methoxy groups -OCH3 is 1. The zero-order chi connectivity index (χ0) is 10.2. The van der Waals surface area contributed by atoms with Gasteiger partial charge in [0, 0.05) is 7.11 Å². The molecule has 0 aliphatic carbocycles. The van der Waals surface area contributed by atoms with Gasteiger partial charge >= 0.3 is 0 Å². The molecule has 1 atom stereocenters. The summed E-state index contributed by atoms with van der Waals surface area (Å²) < 4.78 is 14.3. The quantitative estimate of drug-likeness (QED) is 0.695. The molecule has 78 valence electrons. The van der Waals surface area contributed by atoms with Crippen molar-refractivity contribution in [2.24, 2.45) is 0 Å². The minimum atomic E-state index is -1.24. The second kappa shape index (κ2) is 6.50. The molecule has 0 radical (unpaired) electrons. The van der Waals surface area contributed by atoms with Crippen LogP contribution in [0.2, 0.25) is 0 Å². The monoisotopic (exact) mass is 198 g/mol. The summed E-state index contributed by atoms with van der Waals surface area (Å²) in [6, 6.07) is 9.54. The molecule has 0 amide bonds. The van der Waals surface area contributed by atoms with E-state index in [1.54, 1.807) is 0 Å².